The lowest BCUT2D eigenvalue weighted by molar-refractivity contribution is 0.100. The summed E-state index contributed by atoms with van der Waals surface area (Å²) in [6.45, 7) is 3.55. The van der Waals surface area contributed by atoms with E-state index in [1.807, 2.05) is 55.6 Å². The minimum atomic E-state index is -0.272. The molecule has 1 aromatic heterocycles. The van der Waals surface area contributed by atoms with Crippen molar-refractivity contribution in [2.75, 3.05) is 13.1 Å². The molecule has 2 aromatic rings. The number of amides is 1. The predicted octanol–water partition coefficient (Wildman–Crippen LogP) is 3.82. The Morgan fingerprint density at radius 3 is 2.78 bits per heavy atom. The lowest BCUT2D eigenvalue weighted by atomic mass is 10.1. The molecule has 4 nitrogen and oxygen atoms in total. The molecule has 118 valence electrons. The Labute approximate surface area is 136 Å². The van der Waals surface area contributed by atoms with E-state index >= 15 is 0 Å². The van der Waals surface area contributed by atoms with Crippen molar-refractivity contribution in [3.63, 3.8) is 0 Å². The number of aryl methyl sites for hydroxylation is 1. The van der Waals surface area contributed by atoms with Crippen LogP contribution in [-0.4, -0.2) is 29.1 Å². The molecule has 0 aliphatic carbocycles. The van der Waals surface area contributed by atoms with Gasteiger partial charge >= 0.3 is 6.09 Å². The van der Waals surface area contributed by atoms with Crippen molar-refractivity contribution < 1.29 is 9.53 Å². The van der Waals surface area contributed by atoms with E-state index in [1.54, 1.807) is 4.90 Å². The predicted molar refractivity (Wildman–Crippen MR) is 89.8 cm³/mol. The maximum absolute atomic E-state index is 12.3. The van der Waals surface area contributed by atoms with Crippen LogP contribution in [0.15, 0.2) is 54.7 Å². The molecule has 23 heavy (non-hydrogen) atoms. The molecule has 4 heteroatoms. The molecule has 0 unspecified atom stereocenters. The number of pyridine rings is 1. The van der Waals surface area contributed by atoms with E-state index in [2.05, 4.69) is 11.1 Å². The van der Waals surface area contributed by atoms with Crippen molar-refractivity contribution in [2.24, 2.45) is 0 Å². The molecule has 0 saturated carbocycles. The Bertz CT molecular complexity index is 693. The molecule has 0 N–H and O–H groups in total. The average Bonchev–Trinajstić information content (AvgIpc) is 2.61. The van der Waals surface area contributed by atoms with Gasteiger partial charge in [0.2, 0.25) is 0 Å². The van der Waals surface area contributed by atoms with Crippen molar-refractivity contribution >= 4 is 11.7 Å². The fourth-order valence-electron chi connectivity index (χ4n) is 2.55. The minimum Gasteiger partial charge on any atom is -0.445 e. The van der Waals surface area contributed by atoms with E-state index < -0.39 is 0 Å². The van der Waals surface area contributed by atoms with Gasteiger partial charge < -0.3 is 9.64 Å². The Balaban J connectivity index is 1.60. The van der Waals surface area contributed by atoms with Crippen molar-refractivity contribution in [2.45, 2.75) is 20.0 Å². The fourth-order valence-corrected chi connectivity index (χ4v) is 2.55. The van der Waals surface area contributed by atoms with Gasteiger partial charge in [-0.15, -0.1) is 0 Å². The van der Waals surface area contributed by atoms with Crippen LogP contribution in [0.1, 0.15) is 23.2 Å². The first kappa shape index (κ1) is 15.3. The summed E-state index contributed by atoms with van der Waals surface area (Å²) in [5.74, 6) is 0. The quantitative estimate of drug-likeness (QED) is 0.865. The second-order valence-electron chi connectivity index (χ2n) is 5.70. The first-order chi connectivity index (χ1) is 11.2. The van der Waals surface area contributed by atoms with Crippen LogP contribution in [0.5, 0.6) is 0 Å². The van der Waals surface area contributed by atoms with Crippen LogP contribution in [-0.2, 0) is 11.3 Å². The van der Waals surface area contributed by atoms with Crippen molar-refractivity contribution in [3.8, 4) is 0 Å². The summed E-state index contributed by atoms with van der Waals surface area (Å²) in [6, 6.07) is 13.8. The molecule has 0 fully saturated rings. The molecule has 2 heterocycles. The zero-order valence-corrected chi connectivity index (χ0v) is 13.2. The molecule has 1 amide bonds. The molecular weight excluding hydrogens is 288 g/mol. The summed E-state index contributed by atoms with van der Waals surface area (Å²) >= 11 is 0. The number of hydrogen-bond donors (Lipinski definition) is 0. The highest BCUT2D eigenvalue weighted by Crippen LogP contribution is 2.20. The standard InChI is InChI=1S/C19H20N2O2/c1-15-9-10-18(20-12-15)17-8-5-11-21(13-17)19(22)23-14-16-6-3-2-4-7-16/h2-4,6-10,12H,5,11,13-14H2,1H3. The molecule has 0 bridgehead atoms. The third-order valence-electron chi connectivity index (χ3n) is 3.85. The fraction of sp³-hybridized carbons (Fsp3) is 0.263. The van der Waals surface area contributed by atoms with Crippen LogP contribution in [0.4, 0.5) is 4.79 Å². The summed E-state index contributed by atoms with van der Waals surface area (Å²) in [5.41, 5.74) is 4.13. The number of nitrogens with zero attached hydrogens (tertiary/aromatic N) is 2. The van der Waals surface area contributed by atoms with Gasteiger partial charge in [0.05, 0.1) is 12.2 Å². The van der Waals surface area contributed by atoms with Crippen LogP contribution in [0.2, 0.25) is 0 Å². The third kappa shape index (κ3) is 3.97. The van der Waals surface area contributed by atoms with Gasteiger partial charge in [0.15, 0.2) is 0 Å². The van der Waals surface area contributed by atoms with Crippen LogP contribution in [0.25, 0.3) is 5.57 Å². The monoisotopic (exact) mass is 308 g/mol. The number of carbonyl (C=O) groups excluding carboxylic acids is 1. The number of ether oxygens (including phenoxy) is 1. The molecule has 3 rings (SSSR count). The maximum atomic E-state index is 12.3. The Morgan fingerprint density at radius 2 is 2.04 bits per heavy atom. The number of rotatable bonds is 3. The largest absolute Gasteiger partial charge is 0.445 e. The van der Waals surface area contributed by atoms with E-state index in [1.165, 1.54) is 0 Å². The Kier molecular flexibility index (Phi) is 4.71. The normalized spacial score (nSPS) is 14.3. The summed E-state index contributed by atoms with van der Waals surface area (Å²) in [5, 5.41) is 0. The van der Waals surface area contributed by atoms with Gasteiger partial charge in [-0.3, -0.25) is 4.98 Å². The summed E-state index contributed by atoms with van der Waals surface area (Å²) in [4.78, 5) is 18.4. The van der Waals surface area contributed by atoms with E-state index in [-0.39, 0.29) is 6.09 Å². The Hall–Kier alpha value is -2.62. The third-order valence-corrected chi connectivity index (χ3v) is 3.85. The lowest BCUT2D eigenvalue weighted by Gasteiger charge is -2.26. The topological polar surface area (TPSA) is 42.4 Å². The summed E-state index contributed by atoms with van der Waals surface area (Å²) < 4.78 is 5.41. The molecule has 0 radical (unpaired) electrons. The van der Waals surface area contributed by atoms with Gasteiger partial charge in [0.25, 0.3) is 0 Å². The molecule has 1 aromatic carbocycles. The van der Waals surface area contributed by atoms with E-state index in [4.69, 9.17) is 4.74 Å². The van der Waals surface area contributed by atoms with E-state index in [9.17, 15) is 4.79 Å². The second-order valence-corrected chi connectivity index (χ2v) is 5.70. The highest BCUT2D eigenvalue weighted by molar-refractivity contribution is 5.74. The summed E-state index contributed by atoms with van der Waals surface area (Å²) in [6.07, 6.45) is 4.55. The zero-order valence-electron chi connectivity index (χ0n) is 13.2. The molecule has 0 atom stereocenters. The van der Waals surface area contributed by atoms with Crippen LogP contribution >= 0.6 is 0 Å². The Morgan fingerprint density at radius 1 is 1.22 bits per heavy atom. The van der Waals surface area contributed by atoms with Crippen molar-refractivity contribution in [3.05, 3.63) is 71.6 Å². The second kappa shape index (κ2) is 7.09. The number of aromatic nitrogens is 1. The number of carbonyl (C=O) groups is 1. The smallest absolute Gasteiger partial charge is 0.410 e. The SMILES string of the molecule is Cc1ccc(C2=CCCN(C(=O)OCc3ccccc3)C2)nc1. The first-order valence-electron chi connectivity index (χ1n) is 7.80. The van der Waals surface area contributed by atoms with Crippen LogP contribution < -0.4 is 0 Å². The molecule has 0 spiro atoms. The van der Waals surface area contributed by atoms with Gasteiger partial charge in [-0.25, -0.2) is 4.79 Å². The lowest BCUT2D eigenvalue weighted by Crippen LogP contribution is -2.35. The molecule has 0 saturated heterocycles. The van der Waals surface area contributed by atoms with E-state index in [0.717, 1.165) is 28.8 Å². The van der Waals surface area contributed by atoms with E-state index in [0.29, 0.717) is 19.7 Å². The van der Waals surface area contributed by atoms with Gasteiger partial charge in [-0.1, -0.05) is 42.5 Å². The highest BCUT2D eigenvalue weighted by atomic mass is 16.6. The van der Waals surface area contributed by atoms with Gasteiger partial charge in [-0.2, -0.15) is 0 Å². The van der Waals surface area contributed by atoms with Gasteiger partial charge in [-0.05, 0) is 36.1 Å². The van der Waals surface area contributed by atoms with Gasteiger partial charge in [0, 0.05) is 12.7 Å². The average molecular weight is 308 g/mol. The number of hydrogen-bond acceptors (Lipinski definition) is 3. The molecule has 1 aliphatic heterocycles. The highest BCUT2D eigenvalue weighted by Gasteiger charge is 2.20. The minimum absolute atomic E-state index is 0.272. The summed E-state index contributed by atoms with van der Waals surface area (Å²) in [7, 11) is 0. The van der Waals surface area contributed by atoms with Crippen molar-refractivity contribution in [1.82, 2.24) is 9.88 Å². The molecule has 1 aliphatic rings. The van der Waals surface area contributed by atoms with Gasteiger partial charge in [0.1, 0.15) is 6.61 Å². The van der Waals surface area contributed by atoms with Crippen molar-refractivity contribution in [1.29, 1.82) is 0 Å². The first-order valence-corrected chi connectivity index (χ1v) is 7.80. The zero-order chi connectivity index (χ0) is 16.1. The maximum Gasteiger partial charge on any atom is 0.410 e. The number of benzene rings is 1. The van der Waals surface area contributed by atoms with Crippen LogP contribution in [0.3, 0.4) is 0 Å². The van der Waals surface area contributed by atoms with Crippen LogP contribution in [0, 0.1) is 6.92 Å². The molecular formula is C19H20N2O2.